The standard InChI is InChI=1S/C12H21NO/c1-8(2)13-12(14)11-6-9-3-4-10(5-9)7-11/h8-11H,3-7H2,1-2H3,(H,13,14). The summed E-state index contributed by atoms with van der Waals surface area (Å²) in [5, 5.41) is 3.04. The molecule has 0 saturated heterocycles. The molecule has 1 N–H and O–H groups in total. The molecule has 2 rings (SSSR count). The first-order valence-electron chi connectivity index (χ1n) is 5.95. The molecular formula is C12H21NO. The summed E-state index contributed by atoms with van der Waals surface area (Å²) < 4.78 is 0. The SMILES string of the molecule is CC(C)NC(=O)C1CC2CCC(C2)C1. The molecule has 0 aromatic carbocycles. The Balaban J connectivity index is 1.89. The van der Waals surface area contributed by atoms with Gasteiger partial charge in [0.2, 0.25) is 5.91 Å². The molecule has 0 aliphatic heterocycles. The number of amides is 1. The van der Waals surface area contributed by atoms with Crippen LogP contribution in [0.25, 0.3) is 0 Å². The van der Waals surface area contributed by atoms with Crippen LogP contribution in [0.5, 0.6) is 0 Å². The molecule has 0 aromatic heterocycles. The maximum Gasteiger partial charge on any atom is 0.223 e. The van der Waals surface area contributed by atoms with Crippen molar-refractivity contribution in [2.24, 2.45) is 17.8 Å². The first-order valence-corrected chi connectivity index (χ1v) is 5.95. The summed E-state index contributed by atoms with van der Waals surface area (Å²) in [4.78, 5) is 11.8. The van der Waals surface area contributed by atoms with Gasteiger partial charge in [-0.1, -0.05) is 12.8 Å². The molecule has 2 unspecified atom stereocenters. The summed E-state index contributed by atoms with van der Waals surface area (Å²) in [6.45, 7) is 4.07. The quantitative estimate of drug-likeness (QED) is 0.720. The van der Waals surface area contributed by atoms with E-state index in [2.05, 4.69) is 5.32 Å². The second-order valence-electron chi connectivity index (χ2n) is 5.38. The van der Waals surface area contributed by atoms with Crippen molar-refractivity contribution in [1.82, 2.24) is 5.32 Å². The average Bonchev–Trinajstić information content (AvgIpc) is 2.44. The van der Waals surface area contributed by atoms with Gasteiger partial charge in [0.15, 0.2) is 0 Å². The minimum absolute atomic E-state index is 0.294. The molecular weight excluding hydrogens is 174 g/mol. The Labute approximate surface area is 86.5 Å². The molecule has 14 heavy (non-hydrogen) atoms. The molecule has 2 atom stereocenters. The molecule has 2 aliphatic rings. The number of carbonyl (C=O) groups is 1. The minimum atomic E-state index is 0.294. The van der Waals surface area contributed by atoms with Crippen molar-refractivity contribution in [2.75, 3.05) is 0 Å². The van der Waals surface area contributed by atoms with Crippen LogP contribution in [0, 0.1) is 17.8 Å². The van der Waals surface area contributed by atoms with Crippen LogP contribution in [0.2, 0.25) is 0 Å². The van der Waals surface area contributed by atoms with Crippen molar-refractivity contribution in [3.8, 4) is 0 Å². The summed E-state index contributed by atoms with van der Waals surface area (Å²) in [5.41, 5.74) is 0. The van der Waals surface area contributed by atoms with E-state index in [-0.39, 0.29) is 0 Å². The van der Waals surface area contributed by atoms with E-state index in [1.807, 2.05) is 13.8 Å². The van der Waals surface area contributed by atoms with Gasteiger partial charge in [-0.2, -0.15) is 0 Å². The molecule has 2 saturated carbocycles. The maximum absolute atomic E-state index is 11.8. The number of rotatable bonds is 2. The van der Waals surface area contributed by atoms with Crippen molar-refractivity contribution in [1.29, 1.82) is 0 Å². The van der Waals surface area contributed by atoms with Crippen LogP contribution < -0.4 is 5.32 Å². The van der Waals surface area contributed by atoms with Crippen LogP contribution in [-0.4, -0.2) is 11.9 Å². The molecule has 2 fully saturated rings. The Morgan fingerprint density at radius 1 is 1.14 bits per heavy atom. The van der Waals surface area contributed by atoms with Crippen LogP contribution in [0.4, 0.5) is 0 Å². The smallest absolute Gasteiger partial charge is 0.223 e. The van der Waals surface area contributed by atoms with Gasteiger partial charge in [0.25, 0.3) is 0 Å². The Hall–Kier alpha value is -0.530. The van der Waals surface area contributed by atoms with E-state index in [1.54, 1.807) is 0 Å². The van der Waals surface area contributed by atoms with Crippen LogP contribution in [0.1, 0.15) is 46.0 Å². The third kappa shape index (κ3) is 2.10. The topological polar surface area (TPSA) is 29.1 Å². The van der Waals surface area contributed by atoms with Crippen molar-refractivity contribution < 1.29 is 4.79 Å². The van der Waals surface area contributed by atoms with Gasteiger partial charge >= 0.3 is 0 Å². The summed E-state index contributed by atoms with van der Waals surface area (Å²) in [6.07, 6.45) is 6.43. The molecule has 2 nitrogen and oxygen atoms in total. The third-order valence-corrected chi connectivity index (χ3v) is 3.69. The summed E-state index contributed by atoms with van der Waals surface area (Å²) in [7, 11) is 0. The zero-order valence-corrected chi connectivity index (χ0v) is 9.25. The fourth-order valence-electron chi connectivity index (χ4n) is 3.12. The van der Waals surface area contributed by atoms with E-state index in [0.29, 0.717) is 17.9 Å². The highest BCUT2D eigenvalue weighted by molar-refractivity contribution is 5.79. The molecule has 0 spiro atoms. The second-order valence-corrected chi connectivity index (χ2v) is 5.38. The largest absolute Gasteiger partial charge is 0.354 e. The van der Waals surface area contributed by atoms with E-state index in [1.165, 1.54) is 19.3 Å². The lowest BCUT2D eigenvalue weighted by Crippen LogP contribution is -2.38. The van der Waals surface area contributed by atoms with E-state index < -0.39 is 0 Å². The average molecular weight is 195 g/mol. The Morgan fingerprint density at radius 3 is 2.21 bits per heavy atom. The van der Waals surface area contributed by atoms with Gasteiger partial charge in [0, 0.05) is 12.0 Å². The van der Waals surface area contributed by atoms with Gasteiger partial charge in [-0.15, -0.1) is 0 Å². The monoisotopic (exact) mass is 195 g/mol. The predicted octanol–water partition coefficient (Wildman–Crippen LogP) is 2.34. The molecule has 2 heteroatoms. The van der Waals surface area contributed by atoms with Gasteiger partial charge in [0.05, 0.1) is 0 Å². The molecule has 0 heterocycles. The van der Waals surface area contributed by atoms with E-state index >= 15 is 0 Å². The summed E-state index contributed by atoms with van der Waals surface area (Å²) >= 11 is 0. The lowest BCUT2D eigenvalue weighted by molar-refractivity contribution is -0.127. The van der Waals surface area contributed by atoms with Crippen molar-refractivity contribution >= 4 is 5.91 Å². The normalized spacial score (nSPS) is 36.1. The third-order valence-electron chi connectivity index (χ3n) is 3.69. The number of hydrogen-bond acceptors (Lipinski definition) is 1. The lowest BCUT2D eigenvalue weighted by Gasteiger charge is -2.27. The van der Waals surface area contributed by atoms with Gasteiger partial charge in [0.1, 0.15) is 0 Å². The maximum atomic E-state index is 11.8. The minimum Gasteiger partial charge on any atom is -0.354 e. The highest BCUT2D eigenvalue weighted by Gasteiger charge is 2.36. The highest BCUT2D eigenvalue weighted by atomic mass is 16.1. The second kappa shape index (κ2) is 3.92. The van der Waals surface area contributed by atoms with Crippen molar-refractivity contribution in [3.63, 3.8) is 0 Å². The van der Waals surface area contributed by atoms with E-state index in [4.69, 9.17) is 0 Å². The van der Waals surface area contributed by atoms with Gasteiger partial charge < -0.3 is 5.32 Å². The zero-order valence-electron chi connectivity index (χ0n) is 9.25. The Morgan fingerprint density at radius 2 is 1.71 bits per heavy atom. The number of hydrogen-bond donors (Lipinski definition) is 1. The number of carbonyl (C=O) groups excluding carboxylic acids is 1. The zero-order chi connectivity index (χ0) is 10.1. The van der Waals surface area contributed by atoms with Gasteiger partial charge in [-0.25, -0.2) is 0 Å². The molecule has 2 aliphatic carbocycles. The van der Waals surface area contributed by atoms with Crippen LogP contribution in [-0.2, 0) is 4.79 Å². The molecule has 0 aromatic rings. The highest BCUT2D eigenvalue weighted by Crippen LogP contribution is 2.44. The Bertz CT molecular complexity index is 212. The lowest BCUT2D eigenvalue weighted by atomic mass is 9.80. The van der Waals surface area contributed by atoms with Crippen molar-refractivity contribution in [2.45, 2.75) is 52.0 Å². The van der Waals surface area contributed by atoms with Gasteiger partial charge in [-0.05, 0) is 44.9 Å². The molecule has 80 valence electrons. The number of fused-ring (bicyclic) bond motifs is 2. The molecule has 2 bridgehead atoms. The van der Waals surface area contributed by atoms with Crippen LogP contribution in [0.15, 0.2) is 0 Å². The van der Waals surface area contributed by atoms with Crippen LogP contribution in [0.3, 0.4) is 0 Å². The summed E-state index contributed by atoms with van der Waals surface area (Å²) in [5.74, 6) is 2.34. The first kappa shape index (κ1) is 10.0. The van der Waals surface area contributed by atoms with Crippen LogP contribution >= 0.6 is 0 Å². The number of nitrogens with one attached hydrogen (secondary N) is 1. The molecule has 0 radical (unpaired) electrons. The van der Waals surface area contributed by atoms with Crippen molar-refractivity contribution in [3.05, 3.63) is 0 Å². The molecule has 1 amide bonds. The Kier molecular flexibility index (Phi) is 2.80. The van der Waals surface area contributed by atoms with Gasteiger partial charge in [-0.3, -0.25) is 4.79 Å². The van der Waals surface area contributed by atoms with E-state index in [9.17, 15) is 4.79 Å². The van der Waals surface area contributed by atoms with E-state index in [0.717, 1.165) is 24.7 Å². The summed E-state index contributed by atoms with van der Waals surface area (Å²) in [6, 6.07) is 0.294. The fraction of sp³-hybridized carbons (Fsp3) is 0.917. The predicted molar refractivity (Wildman–Crippen MR) is 56.8 cm³/mol. The first-order chi connectivity index (χ1) is 6.65. The fourth-order valence-corrected chi connectivity index (χ4v) is 3.12.